The Labute approximate surface area is 143 Å². The molecular weight excluding hydrogens is 335 g/mol. The normalized spacial score (nSPS) is 10.9. The maximum atomic E-state index is 11.7. The quantitative estimate of drug-likeness (QED) is 0.673. The molecule has 2 aromatic carbocycles. The minimum absolute atomic E-state index is 0.0173. The van der Waals surface area contributed by atoms with Gasteiger partial charge in [-0.05, 0) is 42.8 Å². The summed E-state index contributed by atoms with van der Waals surface area (Å²) in [6.07, 6.45) is 1.29. The Morgan fingerprint density at radius 1 is 1.22 bits per heavy atom. The van der Waals surface area contributed by atoms with Crippen LogP contribution in [0.2, 0.25) is 10.0 Å². The fourth-order valence-electron chi connectivity index (χ4n) is 2.23. The Morgan fingerprint density at radius 3 is 2.78 bits per heavy atom. The smallest absolute Gasteiger partial charge is 0.228 e. The van der Waals surface area contributed by atoms with Crippen LogP contribution in [0.3, 0.4) is 0 Å². The van der Waals surface area contributed by atoms with Gasteiger partial charge >= 0.3 is 0 Å². The van der Waals surface area contributed by atoms with Crippen LogP contribution < -0.4 is 5.32 Å². The van der Waals surface area contributed by atoms with Crippen LogP contribution in [0.15, 0.2) is 40.8 Å². The molecular formula is C17H14Cl2N2O2. The summed E-state index contributed by atoms with van der Waals surface area (Å²) in [6, 6.07) is 10.5. The number of anilines is 1. The number of carbonyl (C=O) groups excluding carboxylic acids is 1. The summed E-state index contributed by atoms with van der Waals surface area (Å²) in [6.45, 7) is 1.96. The summed E-state index contributed by atoms with van der Waals surface area (Å²) < 4.78 is 5.73. The summed E-state index contributed by atoms with van der Waals surface area (Å²) in [4.78, 5) is 16.1. The van der Waals surface area contributed by atoms with E-state index in [0.717, 1.165) is 6.42 Å². The van der Waals surface area contributed by atoms with E-state index in [2.05, 4.69) is 10.3 Å². The van der Waals surface area contributed by atoms with E-state index in [9.17, 15) is 4.79 Å². The van der Waals surface area contributed by atoms with E-state index in [1.54, 1.807) is 36.4 Å². The Hall–Kier alpha value is -2.04. The van der Waals surface area contributed by atoms with Gasteiger partial charge in [0.15, 0.2) is 5.58 Å². The van der Waals surface area contributed by atoms with Crippen molar-refractivity contribution in [1.29, 1.82) is 0 Å². The molecule has 0 aliphatic carbocycles. The average Bonchev–Trinajstić information content (AvgIpc) is 2.90. The highest BCUT2D eigenvalue weighted by Crippen LogP contribution is 2.32. The highest BCUT2D eigenvalue weighted by atomic mass is 35.5. The minimum atomic E-state index is -0.0173. The monoisotopic (exact) mass is 348 g/mol. The molecule has 1 heterocycles. The van der Waals surface area contributed by atoms with Gasteiger partial charge in [0.2, 0.25) is 11.8 Å². The number of hydrogen-bond donors (Lipinski definition) is 1. The molecule has 0 bridgehead atoms. The summed E-state index contributed by atoms with van der Waals surface area (Å²) in [5.74, 6) is 0.398. The van der Waals surface area contributed by atoms with Crippen molar-refractivity contribution in [2.75, 3.05) is 5.32 Å². The van der Waals surface area contributed by atoms with Crippen LogP contribution >= 0.6 is 23.2 Å². The lowest BCUT2D eigenvalue weighted by Crippen LogP contribution is -2.10. The lowest BCUT2D eigenvalue weighted by Gasteiger charge is -2.02. The highest BCUT2D eigenvalue weighted by Gasteiger charge is 2.13. The third-order valence-corrected chi connectivity index (χ3v) is 3.86. The second-order valence-electron chi connectivity index (χ2n) is 5.12. The zero-order valence-electron chi connectivity index (χ0n) is 12.4. The lowest BCUT2D eigenvalue weighted by molar-refractivity contribution is -0.116. The highest BCUT2D eigenvalue weighted by molar-refractivity contribution is 6.36. The SMILES string of the molecule is CCCC(=O)Nc1ccc2oc(-c3ccc(Cl)cc3Cl)nc2c1. The summed E-state index contributed by atoms with van der Waals surface area (Å²) >= 11 is 12.1. The van der Waals surface area contributed by atoms with E-state index in [1.807, 2.05) is 6.92 Å². The van der Waals surface area contributed by atoms with Crippen LogP contribution in [0, 0.1) is 0 Å². The molecule has 0 spiro atoms. The largest absolute Gasteiger partial charge is 0.436 e. The van der Waals surface area contributed by atoms with Gasteiger partial charge in [-0.15, -0.1) is 0 Å². The second kappa shape index (κ2) is 6.60. The van der Waals surface area contributed by atoms with Crippen molar-refractivity contribution in [3.63, 3.8) is 0 Å². The first-order valence-electron chi connectivity index (χ1n) is 7.22. The number of fused-ring (bicyclic) bond motifs is 1. The fourth-order valence-corrected chi connectivity index (χ4v) is 2.72. The molecule has 6 heteroatoms. The predicted octanol–water partition coefficient (Wildman–Crippen LogP) is 5.54. The molecule has 3 rings (SSSR count). The first kappa shape index (κ1) is 15.8. The Balaban J connectivity index is 1.94. The zero-order valence-corrected chi connectivity index (χ0v) is 13.9. The molecule has 3 aromatic rings. The van der Waals surface area contributed by atoms with Crippen LogP contribution in [-0.4, -0.2) is 10.9 Å². The van der Waals surface area contributed by atoms with Crippen molar-refractivity contribution in [2.24, 2.45) is 0 Å². The molecule has 0 saturated heterocycles. The number of oxazole rings is 1. The van der Waals surface area contributed by atoms with Gasteiger partial charge < -0.3 is 9.73 Å². The first-order valence-corrected chi connectivity index (χ1v) is 7.98. The van der Waals surface area contributed by atoms with Crippen LogP contribution in [0.1, 0.15) is 19.8 Å². The number of nitrogens with one attached hydrogen (secondary N) is 1. The van der Waals surface area contributed by atoms with Gasteiger partial charge in [-0.3, -0.25) is 4.79 Å². The molecule has 0 aliphatic rings. The Bertz CT molecular complexity index is 874. The molecule has 118 valence electrons. The number of hydrogen-bond acceptors (Lipinski definition) is 3. The maximum Gasteiger partial charge on any atom is 0.228 e. The molecule has 0 atom stereocenters. The number of rotatable bonds is 4. The van der Waals surface area contributed by atoms with Gasteiger partial charge in [-0.1, -0.05) is 30.1 Å². The number of amides is 1. The van der Waals surface area contributed by atoms with E-state index in [1.165, 1.54) is 0 Å². The summed E-state index contributed by atoms with van der Waals surface area (Å²) in [5, 5.41) is 3.86. The van der Waals surface area contributed by atoms with Gasteiger partial charge in [0.1, 0.15) is 5.52 Å². The predicted molar refractivity (Wildman–Crippen MR) is 93.0 cm³/mol. The van der Waals surface area contributed by atoms with E-state index in [4.69, 9.17) is 27.6 Å². The van der Waals surface area contributed by atoms with Gasteiger partial charge in [-0.25, -0.2) is 4.98 Å². The van der Waals surface area contributed by atoms with Gasteiger partial charge in [-0.2, -0.15) is 0 Å². The number of halogens is 2. The van der Waals surface area contributed by atoms with Crippen molar-refractivity contribution in [3.8, 4) is 11.5 Å². The van der Waals surface area contributed by atoms with Crippen molar-refractivity contribution >= 4 is 45.9 Å². The van der Waals surface area contributed by atoms with E-state index < -0.39 is 0 Å². The zero-order chi connectivity index (χ0) is 16.4. The maximum absolute atomic E-state index is 11.7. The number of nitrogens with zero attached hydrogens (tertiary/aromatic N) is 1. The number of benzene rings is 2. The number of aromatic nitrogens is 1. The summed E-state index contributed by atoms with van der Waals surface area (Å²) in [5.41, 5.74) is 2.64. The molecule has 0 radical (unpaired) electrons. The molecule has 1 aromatic heterocycles. The van der Waals surface area contributed by atoms with Crippen LogP contribution in [0.4, 0.5) is 5.69 Å². The molecule has 1 amide bonds. The lowest BCUT2D eigenvalue weighted by atomic mass is 10.2. The standard InChI is InChI=1S/C17H14Cl2N2O2/c1-2-3-16(22)20-11-5-7-15-14(9-11)21-17(23-15)12-6-4-10(18)8-13(12)19/h4-9H,2-3H2,1H3,(H,20,22). The molecule has 23 heavy (non-hydrogen) atoms. The van der Waals surface area contributed by atoms with E-state index in [-0.39, 0.29) is 5.91 Å². The third kappa shape index (κ3) is 3.49. The van der Waals surface area contributed by atoms with Crippen molar-refractivity contribution in [3.05, 3.63) is 46.4 Å². The molecule has 1 N–H and O–H groups in total. The van der Waals surface area contributed by atoms with E-state index in [0.29, 0.717) is 44.7 Å². The molecule has 4 nitrogen and oxygen atoms in total. The summed E-state index contributed by atoms with van der Waals surface area (Å²) in [7, 11) is 0. The Morgan fingerprint density at radius 2 is 2.04 bits per heavy atom. The molecule has 0 aliphatic heterocycles. The molecule has 0 saturated carbocycles. The molecule has 0 unspecified atom stereocenters. The number of carbonyl (C=O) groups is 1. The molecule has 0 fully saturated rings. The topological polar surface area (TPSA) is 55.1 Å². The van der Waals surface area contributed by atoms with Crippen LogP contribution in [-0.2, 0) is 4.79 Å². The fraction of sp³-hybridized carbons (Fsp3) is 0.176. The first-order chi connectivity index (χ1) is 11.1. The second-order valence-corrected chi connectivity index (χ2v) is 5.97. The third-order valence-electron chi connectivity index (χ3n) is 3.31. The van der Waals surface area contributed by atoms with Gasteiger partial charge in [0.05, 0.1) is 10.6 Å². The van der Waals surface area contributed by atoms with Crippen molar-refractivity contribution < 1.29 is 9.21 Å². The van der Waals surface area contributed by atoms with Gasteiger partial charge in [0.25, 0.3) is 0 Å². The average molecular weight is 349 g/mol. The van der Waals surface area contributed by atoms with Crippen molar-refractivity contribution in [1.82, 2.24) is 4.98 Å². The van der Waals surface area contributed by atoms with Crippen molar-refractivity contribution in [2.45, 2.75) is 19.8 Å². The van der Waals surface area contributed by atoms with E-state index >= 15 is 0 Å². The van der Waals surface area contributed by atoms with Gasteiger partial charge in [0, 0.05) is 17.1 Å². The van der Waals surface area contributed by atoms with Crippen LogP contribution in [0.25, 0.3) is 22.6 Å². The Kier molecular flexibility index (Phi) is 4.55. The minimum Gasteiger partial charge on any atom is -0.436 e. The van der Waals surface area contributed by atoms with Crippen LogP contribution in [0.5, 0.6) is 0 Å².